The van der Waals surface area contributed by atoms with Crippen molar-refractivity contribution in [3.8, 4) is 0 Å². The molecule has 0 atom stereocenters. The lowest BCUT2D eigenvalue weighted by Gasteiger charge is -2.27. The van der Waals surface area contributed by atoms with E-state index < -0.39 is 0 Å². The van der Waals surface area contributed by atoms with Gasteiger partial charge in [0, 0.05) is 6.04 Å². The minimum Gasteiger partial charge on any atom is -0.345 e. The second-order valence-corrected chi connectivity index (χ2v) is 2.82. The van der Waals surface area contributed by atoms with Gasteiger partial charge < -0.3 is 10.2 Å². The van der Waals surface area contributed by atoms with Crippen molar-refractivity contribution < 1.29 is 4.79 Å². The fraction of sp³-hybridized carbons (Fsp3) is 0.857. The Morgan fingerprint density at radius 2 is 2.10 bits per heavy atom. The Balaban J connectivity index is 2.19. The molecular formula is C7H13N2O. The van der Waals surface area contributed by atoms with E-state index in [9.17, 15) is 4.79 Å². The van der Waals surface area contributed by atoms with Crippen molar-refractivity contribution in [2.24, 2.45) is 0 Å². The molecule has 1 fully saturated rings. The highest BCUT2D eigenvalue weighted by Crippen LogP contribution is 2.06. The molecule has 0 spiro atoms. The van der Waals surface area contributed by atoms with Crippen molar-refractivity contribution in [1.82, 2.24) is 10.2 Å². The van der Waals surface area contributed by atoms with E-state index in [-0.39, 0.29) is 0 Å². The van der Waals surface area contributed by atoms with Gasteiger partial charge in [-0.25, -0.2) is 0 Å². The van der Waals surface area contributed by atoms with Crippen LogP contribution in [-0.2, 0) is 4.79 Å². The van der Waals surface area contributed by atoms with Crippen LogP contribution in [0.3, 0.4) is 0 Å². The molecule has 1 amide bonds. The molecule has 0 aromatic carbocycles. The molecule has 0 saturated carbocycles. The summed E-state index contributed by atoms with van der Waals surface area (Å²) < 4.78 is 0. The third-order valence-electron chi connectivity index (χ3n) is 1.98. The maximum atomic E-state index is 9.90. The molecule has 3 heteroatoms. The summed E-state index contributed by atoms with van der Waals surface area (Å²) >= 11 is 0. The minimum absolute atomic E-state index is 0.369. The number of nitrogens with zero attached hydrogens (tertiary/aromatic N) is 1. The molecule has 1 aliphatic heterocycles. The van der Waals surface area contributed by atoms with Crippen LogP contribution in [0, 0.1) is 0 Å². The molecule has 57 valence electrons. The van der Waals surface area contributed by atoms with Gasteiger partial charge in [0.25, 0.3) is 0 Å². The first-order chi connectivity index (χ1) is 4.83. The molecule has 0 aliphatic carbocycles. The number of piperidine rings is 1. The van der Waals surface area contributed by atoms with Crippen LogP contribution < -0.4 is 5.32 Å². The Morgan fingerprint density at radius 1 is 1.50 bits per heavy atom. The van der Waals surface area contributed by atoms with E-state index in [4.69, 9.17) is 0 Å². The van der Waals surface area contributed by atoms with Crippen LogP contribution in [0.15, 0.2) is 0 Å². The van der Waals surface area contributed by atoms with Crippen molar-refractivity contribution in [3.05, 3.63) is 0 Å². The maximum Gasteiger partial charge on any atom is 0.309 e. The highest BCUT2D eigenvalue weighted by Gasteiger charge is 2.14. The number of hydrogen-bond donors (Lipinski definition) is 1. The van der Waals surface area contributed by atoms with E-state index >= 15 is 0 Å². The van der Waals surface area contributed by atoms with Crippen LogP contribution in [0.5, 0.6) is 0 Å². The molecule has 1 aliphatic rings. The first kappa shape index (κ1) is 7.54. The SMILES string of the molecule is CN1CCC(N[C]=O)CC1. The topological polar surface area (TPSA) is 32.3 Å². The van der Waals surface area contributed by atoms with E-state index in [1.54, 1.807) is 6.41 Å². The molecular weight excluding hydrogens is 128 g/mol. The standard InChI is InChI=1S/C7H13N2O/c1-9-4-2-7(3-5-9)8-6-10/h7H,2-5H2,1H3,(H,8,10). The van der Waals surface area contributed by atoms with Crippen LogP contribution in [0.25, 0.3) is 0 Å². The van der Waals surface area contributed by atoms with Crippen molar-refractivity contribution in [2.75, 3.05) is 20.1 Å². The first-order valence-corrected chi connectivity index (χ1v) is 3.64. The van der Waals surface area contributed by atoms with Crippen molar-refractivity contribution in [3.63, 3.8) is 0 Å². The summed E-state index contributed by atoms with van der Waals surface area (Å²) in [5, 5.41) is 2.67. The third kappa shape index (κ3) is 1.99. The van der Waals surface area contributed by atoms with Crippen molar-refractivity contribution in [2.45, 2.75) is 18.9 Å². The lowest BCUT2D eigenvalue weighted by atomic mass is 10.1. The van der Waals surface area contributed by atoms with E-state index in [0.717, 1.165) is 25.9 Å². The van der Waals surface area contributed by atoms with Crippen LogP contribution in [-0.4, -0.2) is 37.5 Å². The van der Waals surface area contributed by atoms with Gasteiger partial charge in [-0.2, -0.15) is 0 Å². The Kier molecular flexibility index (Phi) is 2.68. The summed E-state index contributed by atoms with van der Waals surface area (Å²) in [6, 6.07) is 0.369. The average Bonchev–Trinajstić information content (AvgIpc) is 1.95. The molecule has 1 saturated heterocycles. The quantitative estimate of drug-likeness (QED) is 0.537. The van der Waals surface area contributed by atoms with Crippen molar-refractivity contribution >= 4 is 6.41 Å². The average molecular weight is 141 g/mol. The Labute approximate surface area is 61.4 Å². The van der Waals surface area contributed by atoms with Crippen LogP contribution in [0.4, 0.5) is 0 Å². The zero-order valence-corrected chi connectivity index (χ0v) is 6.26. The number of carbonyl (C=O) groups excluding carboxylic acids is 1. The number of amides is 1. The number of likely N-dealkylation sites (tertiary alicyclic amines) is 1. The molecule has 1 N–H and O–H groups in total. The lowest BCUT2D eigenvalue weighted by Crippen LogP contribution is -2.40. The summed E-state index contributed by atoms with van der Waals surface area (Å²) in [4.78, 5) is 12.2. The Morgan fingerprint density at radius 3 is 2.60 bits per heavy atom. The largest absolute Gasteiger partial charge is 0.345 e. The number of hydrogen-bond acceptors (Lipinski definition) is 2. The second kappa shape index (κ2) is 3.56. The van der Waals surface area contributed by atoms with E-state index in [2.05, 4.69) is 17.3 Å². The third-order valence-corrected chi connectivity index (χ3v) is 1.98. The predicted octanol–water partition coefficient (Wildman–Crippen LogP) is -0.263. The minimum atomic E-state index is 0.369. The summed E-state index contributed by atoms with van der Waals surface area (Å²) in [5.41, 5.74) is 0. The zero-order valence-electron chi connectivity index (χ0n) is 6.26. The highest BCUT2D eigenvalue weighted by atomic mass is 16.1. The van der Waals surface area contributed by atoms with Crippen LogP contribution in [0.2, 0.25) is 0 Å². The van der Waals surface area contributed by atoms with Gasteiger partial charge in [-0.3, -0.25) is 4.79 Å². The highest BCUT2D eigenvalue weighted by molar-refractivity contribution is 5.47. The summed E-state index contributed by atoms with van der Waals surface area (Å²) in [6.45, 7) is 2.17. The van der Waals surface area contributed by atoms with Gasteiger partial charge in [0.2, 0.25) is 0 Å². The molecule has 1 radical (unpaired) electrons. The van der Waals surface area contributed by atoms with Gasteiger partial charge in [-0.05, 0) is 33.0 Å². The lowest BCUT2D eigenvalue weighted by molar-refractivity contribution is 0.246. The molecule has 10 heavy (non-hydrogen) atoms. The van der Waals surface area contributed by atoms with Gasteiger partial charge >= 0.3 is 6.41 Å². The monoisotopic (exact) mass is 141 g/mol. The Bertz CT molecular complexity index is 108. The van der Waals surface area contributed by atoms with E-state index in [1.807, 2.05) is 0 Å². The molecule has 0 aromatic heterocycles. The molecule has 0 aromatic rings. The second-order valence-electron chi connectivity index (χ2n) is 2.82. The first-order valence-electron chi connectivity index (χ1n) is 3.64. The van der Waals surface area contributed by atoms with Gasteiger partial charge in [-0.1, -0.05) is 0 Å². The Hall–Kier alpha value is -0.570. The predicted molar refractivity (Wildman–Crippen MR) is 39.3 cm³/mol. The van der Waals surface area contributed by atoms with Crippen molar-refractivity contribution in [1.29, 1.82) is 0 Å². The maximum absolute atomic E-state index is 9.90. The number of rotatable bonds is 2. The van der Waals surface area contributed by atoms with E-state index in [1.165, 1.54) is 0 Å². The zero-order chi connectivity index (χ0) is 7.40. The van der Waals surface area contributed by atoms with Gasteiger partial charge in [-0.15, -0.1) is 0 Å². The fourth-order valence-corrected chi connectivity index (χ4v) is 1.24. The normalized spacial score (nSPS) is 22.5. The van der Waals surface area contributed by atoms with Crippen LogP contribution in [0.1, 0.15) is 12.8 Å². The fourth-order valence-electron chi connectivity index (χ4n) is 1.24. The summed E-state index contributed by atoms with van der Waals surface area (Å²) in [6.07, 6.45) is 3.86. The molecule has 0 bridgehead atoms. The van der Waals surface area contributed by atoms with Gasteiger partial charge in [0.05, 0.1) is 0 Å². The molecule has 1 heterocycles. The van der Waals surface area contributed by atoms with Crippen LogP contribution >= 0.6 is 0 Å². The molecule has 3 nitrogen and oxygen atoms in total. The van der Waals surface area contributed by atoms with Gasteiger partial charge in [0.1, 0.15) is 0 Å². The van der Waals surface area contributed by atoms with E-state index in [0.29, 0.717) is 6.04 Å². The summed E-state index contributed by atoms with van der Waals surface area (Å²) in [5.74, 6) is 0. The van der Waals surface area contributed by atoms with Gasteiger partial charge in [0.15, 0.2) is 0 Å². The number of nitrogens with one attached hydrogen (secondary N) is 1. The molecule has 0 unspecified atom stereocenters. The smallest absolute Gasteiger partial charge is 0.309 e. The molecule has 1 rings (SSSR count). The summed E-state index contributed by atoms with van der Waals surface area (Å²) in [7, 11) is 2.10.